The predicted molar refractivity (Wildman–Crippen MR) is 154 cm³/mol. The Morgan fingerprint density at radius 1 is 1.00 bits per heavy atom. The molecule has 6 rings (SSSR count). The summed E-state index contributed by atoms with van der Waals surface area (Å²) >= 11 is 0. The molecule has 2 aromatic carbocycles. The van der Waals surface area contributed by atoms with E-state index in [1.54, 1.807) is 6.07 Å². The highest BCUT2D eigenvalue weighted by atomic mass is 16.5. The average molecular weight is 539 g/mol. The van der Waals surface area contributed by atoms with Gasteiger partial charge in [0.2, 0.25) is 11.8 Å². The number of allylic oxidation sites excluding steroid dienone is 2. The lowest BCUT2D eigenvalue weighted by Crippen LogP contribution is -2.34. The number of benzene rings is 2. The fourth-order valence-electron chi connectivity index (χ4n) is 6.50. The second-order valence-electron chi connectivity index (χ2n) is 11.0. The van der Waals surface area contributed by atoms with Gasteiger partial charge >= 0.3 is 0 Å². The smallest absolute Gasteiger partial charge is 0.238 e. The average Bonchev–Trinajstić information content (AvgIpc) is 3.66. The number of carbonyl (C=O) groups excluding carboxylic acids is 2. The van der Waals surface area contributed by atoms with Gasteiger partial charge in [0.15, 0.2) is 0 Å². The molecule has 0 bridgehead atoms. The number of nitrogens with zero attached hydrogens (tertiary/aromatic N) is 1. The summed E-state index contributed by atoms with van der Waals surface area (Å²) < 4.78 is 11.8. The Hall–Kier alpha value is -3.94. The molecule has 0 saturated carbocycles. The topological polar surface area (TPSA) is 92.0 Å². The van der Waals surface area contributed by atoms with Crippen molar-refractivity contribution in [2.45, 2.75) is 45.8 Å². The van der Waals surface area contributed by atoms with Gasteiger partial charge in [-0.25, -0.2) is 0 Å². The van der Waals surface area contributed by atoms with Crippen LogP contribution in [0.4, 0.5) is 17.1 Å². The molecule has 1 aromatic heterocycles. The van der Waals surface area contributed by atoms with Crippen molar-refractivity contribution in [1.29, 1.82) is 0 Å². The maximum Gasteiger partial charge on any atom is 0.238 e. The lowest BCUT2D eigenvalue weighted by molar-refractivity contribution is -0.122. The van der Waals surface area contributed by atoms with E-state index in [1.807, 2.05) is 66.7 Å². The normalized spacial score (nSPS) is 24.5. The molecule has 0 spiro atoms. The SMILES string of the molecule is CC1=C2[C@@H](CC/C(C)=C/c3ccc(CO)o3)OC[C@@H]2[C@@H]2C(=O)N(c3ccc(Nc4ccccc4)cc3)C(=O)[C@@H]2C1. The molecular weight excluding hydrogens is 504 g/mol. The zero-order chi connectivity index (χ0) is 27.8. The molecule has 1 aliphatic carbocycles. The molecular formula is C33H34N2O5. The highest BCUT2D eigenvalue weighted by molar-refractivity contribution is 6.22. The number of furan rings is 1. The van der Waals surface area contributed by atoms with Crippen LogP contribution < -0.4 is 10.2 Å². The largest absolute Gasteiger partial charge is 0.459 e. The lowest BCUT2D eigenvalue weighted by Gasteiger charge is -2.30. The van der Waals surface area contributed by atoms with E-state index in [4.69, 9.17) is 9.15 Å². The molecule has 2 saturated heterocycles. The monoisotopic (exact) mass is 538 g/mol. The summed E-state index contributed by atoms with van der Waals surface area (Å²) in [5, 5.41) is 12.6. The number of hydrogen-bond donors (Lipinski definition) is 2. The Morgan fingerprint density at radius 2 is 1.75 bits per heavy atom. The number of nitrogens with one attached hydrogen (secondary N) is 1. The number of rotatable bonds is 8. The summed E-state index contributed by atoms with van der Waals surface area (Å²) in [6.45, 7) is 4.50. The summed E-state index contributed by atoms with van der Waals surface area (Å²) in [5.41, 5.74) is 6.02. The number of imide groups is 1. The van der Waals surface area contributed by atoms with Crippen LogP contribution in [-0.2, 0) is 20.9 Å². The maximum atomic E-state index is 13.8. The number of ether oxygens (including phenoxy) is 1. The zero-order valence-corrected chi connectivity index (χ0v) is 22.8. The van der Waals surface area contributed by atoms with Crippen molar-refractivity contribution in [2.24, 2.45) is 17.8 Å². The third kappa shape index (κ3) is 4.91. The van der Waals surface area contributed by atoms with Gasteiger partial charge in [0.05, 0.1) is 30.2 Å². The maximum absolute atomic E-state index is 13.8. The number of anilines is 3. The van der Waals surface area contributed by atoms with Crippen LogP contribution in [0.5, 0.6) is 0 Å². The van der Waals surface area contributed by atoms with Crippen LogP contribution in [0.2, 0.25) is 0 Å². The Morgan fingerprint density at radius 3 is 2.48 bits per heavy atom. The summed E-state index contributed by atoms with van der Waals surface area (Å²) in [6.07, 6.45) is 4.15. The molecule has 40 heavy (non-hydrogen) atoms. The van der Waals surface area contributed by atoms with Gasteiger partial charge in [0.1, 0.15) is 18.1 Å². The minimum absolute atomic E-state index is 0.0563. The first-order chi connectivity index (χ1) is 19.4. The molecule has 0 radical (unpaired) electrons. The molecule has 2 fully saturated rings. The number of carbonyl (C=O) groups is 2. The van der Waals surface area contributed by atoms with Gasteiger partial charge < -0.3 is 19.6 Å². The number of amides is 2. The van der Waals surface area contributed by atoms with Crippen LogP contribution in [0.1, 0.15) is 44.6 Å². The van der Waals surface area contributed by atoms with Crippen LogP contribution in [0.3, 0.4) is 0 Å². The minimum Gasteiger partial charge on any atom is -0.459 e. The molecule has 3 heterocycles. The van der Waals surface area contributed by atoms with E-state index in [1.165, 1.54) is 16.0 Å². The van der Waals surface area contributed by atoms with E-state index in [0.29, 0.717) is 24.5 Å². The van der Waals surface area contributed by atoms with Crippen molar-refractivity contribution in [2.75, 3.05) is 16.8 Å². The van der Waals surface area contributed by atoms with E-state index in [9.17, 15) is 14.7 Å². The van der Waals surface area contributed by atoms with Gasteiger partial charge in [-0.1, -0.05) is 29.3 Å². The Kier molecular flexibility index (Phi) is 7.17. The van der Waals surface area contributed by atoms with Crippen LogP contribution in [0, 0.1) is 17.8 Å². The molecule has 7 nitrogen and oxygen atoms in total. The van der Waals surface area contributed by atoms with Gasteiger partial charge in [-0.2, -0.15) is 0 Å². The zero-order valence-electron chi connectivity index (χ0n) is 22.8. The third-order valence-electron chi connectivity index (χ3n) is 8.37. The van der Waals surface area contributed by atoms with Crippen LogP contribution in [-0.4, -0.2) is 29.6 Å². The molecule has 0 unspecified atom stereocenters. The minimum atomic E-state index is -0.380. The van der Waals surface area contributed by atoms with Gasteiger partial charge in [0.25, 0.3) is 0 Å². The fraction of sp³-hybridized carbons (Fsp3) is 0.333. The summed E-state index contributed by atoms with van der Waals surface area (Å²) in [6, 6.07) is 21.0. The number of aliphatic hydroxyl groups excluding tert-OH is 1. The first kappa shape index (κ1) is 26.3. The Balaban J connectivity index is 1.14. The van der Waals surface area contributed by atoms with Crippen molar-refractivity contribution < 1.29 is 23.8 Å². The van der Waals surface area contributed by atoms with Crippen LogP contribution in [0.25, 0.3) is 6.08 Å². The third-order valence-corrected chi connectivity index (χ3v) is 8.37. The number of fused-ring (bicyclic) bond motifs is 3. The molecule has 4 atom stereocenters. The van der Waals surface area contributed by atoms with Crippen molar-refractivity contribution in [3.8, 4) is 0 Å². The number of aliphatic hydroxyl groups is 1. The van der Waals surface area contributed by atoms with Crippen LogP contribution >= 0.6 is 0 Å². The second-order valence-corrected chi connectivity index (χ2v) is 11.0. The highest BCUT2D eigenvalue weighted by Gasteiger charge is 2.56. The standard InChI is InChI=1S/C33H34N2O5/c1-20(16-25-13-14-26(18-36)40-25)8-15-29-30-21(2)17-27-31(28(30)19-39-29)33(38)35(32(27)37)24-11-9-23(10-12-24)34-22-6-4-3-5-7-22/h3-7,9-14,16,27-29,31,34,36H,8,15,17-19H2,1-2H3/b20-16+/t27-,28+,29-,31-/m1/s1. The Labute approximate surface area is 234 Å². The first-order valence-corrected chi connectivity index (χ1v) is 13.9. The summed E-state index contributed by atoms with van der Waals surface area (Å²) in [4.78, 5) is 28.7. The van der Waals surface area contributed by atoms with Crippen molar-refractivity contribution >= 4 is 35.0 Å². The van der Waals surface area contributed by atoms with Gasteiger partial charge in [-0.3, -0.25) is 14.5 Å². The lowest BCUT2D eigenvalue weighted by atomic mass is 9.70. The van der Waals surface area contributed by atoms with Crippen molar-refractivity contribution in [3.63, 3.8) is 0 Å². The quantitative estimate of drug-likeness (QED) is 0.261. The van der Waals surface area contributed by atoms with E-state index in [-0.39, 0.29) is 42.3 Å². The van der Waals surface area contributed by atoms with E-state index < -0.39 is 0 Å². The number of hydrogen-bond acceptors (Lipinski definition) is 6. The predicted octanol–water partition coefficient (Wildman–Crippen LogP) is 6.24. The second kappa shape index (κ2) is 10.9. The van der Waals surface area contributed by atoms with Gasteiger partial charge in [0, 0.05) is 17.3 Å². The van der Waals surface area contributed by atoms with Gasteiger partial charge in [-0.05, 0) is 93.3 Å². The molecule has 3 aliphatic rings. The molecule has 206 valence electrons. The highest BCUT2D eigenvalue weighted by Crippen LogP contribution is 2.50. The molecule has 3 aromatic rings. The summed E-state index contributed by atoms with van der Waals surface area (Å²) in [5.74, 6) is 0.254. The van der Waals surface area contributed by atoms with Crippen molar-refractivity contribution in [3.05, 3.63) is 95.0 Å². The Bertz CT molecular complexity index is 1470. The molecule has 2 N–H and O–H groups in total. The summed E-state index contributed by atoms with van der Waals surface area (Å²) in [7, 11) is 0. The van der Waals surface area contributed by atoms with Crippen molar-refractivity contribution in [1.82, 2.24) is 0 Å². The van der Waals surface area contributed by atoms with E-state index in [0.717, 1.165) is 35.5 Å². The van der Waals surface area contributed by atoms with E-state index >= 15 is 0 Å². The first-order valence-electron chi connectivity index (χ1n) is 13.9. The van der Waals surface area contributed by atoms with Crippen LogP contribution in [0.15, 0.2) is 87.9 Å². The molecule has 2 aliphatic heterocycles. The van der Waals surface area contributed by atoms with Gasteiger partial charge in [-0.15, -0.1) is 0 Å². The van der Waals surface area contributed by atoms with E-state index in [2.05, 4.69) is 19.2 Å². The fourth-order valence-corrected chi connectivity index (χ4v) is 6.50. The molecule has 7 heteroatoms. The molecule has 2 amide bonds. The number of para-hydroxylation sites is 1.